The molecule has 0 aliphatic heterocycles. The zero-order chi connectivity index (χ0) is 16.8. The van der Waals surface area contributed by atoms with E-state index in [4.69, 9.17) is 4.74 Å². The molecule has 1 heterocycles. The van der Waals surface area contributed by atoms with Gasteiger partial charge in [-0.05, 0) is 25.0 Å². The van der Waals surface area contributed by atoms with Gasteiger partial charge in [-0.25, -0.2) is 4.68 Å². The number of carbonyl (C=O) groups excluding carboxylic acids is 2. The van der Waals surface area contributed by atoms with Crippen molar-refractivity contribution in [3.8, 4) is 5.75 Å². The lowest BCUT2D eigenvalue weighted by molar-refractivity contribution is -0.118. The predicted octanol–water partition coefficient (Wildman–Crippen LogP) is 3.22. The molecule has 6 heteroatoms. The highest BCUT2D eigenvalue weighted by molar-refractivity contribution is 5.91. The van der Waals surface area contributed by atoms with E-state index < -0.39 is 0 Å². The standard InChI is InChI=1S/C18H21N3O3/c22-12-14-6-4-5-9-16(14)24-13-18(23)20-17-10-11-19-21(17)15-7-2-1-3-8-15/h4-6,9-12,15H,1-3,7-8,13H2,(H,20,23). The molecule has 1 fully saturated rings. The molecule has 0 bridgehead atoms. The fourth-order valence-corrected chi connectivity index (χ4v) is 3.06. The lowest BCUT2D eigenvalue weighted by atomic mass is 9.96. The van der Waals surface area contributed by atoms with Gasteiger partial charge in [-0.3, -0.25) is 9.59 Å². The molecular weight excluding hydrogens is 306 g/mol. The smallest absolute Gasteiger partial charge is 0.263 e. The predicted molar refractivity (Wildman–Crippen MR) is 90.3 cm³/mol. The third-order valence-electron chi connectivity index (χ3n) is 4.26. The van der Waals surface area contributed by atoms with Crippen LogP contribution in [0.2, 0.25) is 0 Å². The van der Waals surface area contributed by atoms with E-state index in [-0.39, 0.29) is 12.5 Å². The fraction of sp³-hybridized carbons (Fsp3) is 0.389. The highest BCUT2D eigenvalue weighted by Crippen LogP contribution is 2.29. The second-order valence-corrected chi connectivity index (χ2v) is 5.95. The van der Waals surface area contributed by atoms with Gasteiger partial charge in [-0.2, -0.15) is 5.10 Å². The number of carbonyl (C=O) groups is 2. The molecule has 1 N–H and O–H groups in total. The van der Waals surface area contributed by atoms with Crippen molar-refractivity contribution in [1.82, 2.24) is 9.78 Å². The zero-order valence-electron chi connectivity index (χ0n) is 13.5. The van der Waals surface area contributed by atoms with Crippen molar-refractivity contribution >= 4 is 18.0 Å². The van der Waals surface area contributed by atoms with Crippen LogP contribution in [-0.4, -0.2) is 28.6 Å². The number of benzene rings is 1. The Balaban J connectivity index is 1.59. The SMILES string of the molecule is O=Cc1ccccc1OCC(=O)Nc1ccnn1C1CCCCC1. The topological polar surface area (TPSA) is 73.2 Å². The Kier molecular flexibility index (Phi) is 5.25. The third kappa shape index (κ3) is 3.82. The summed E-state index contributed by atoms with van der Waals surface area (Å²) >= 11 is 0. The number of aromatic nitrogens is 2. The van der Waals surface area contributed by atoms with Crippen molar-refractivity contribution in [2.45, 2.75) is 38.1 Å². The van der Waals surface area contributed by atoms with Crippen LogP contribution in [0.4, 0.5) is 5.82 Å². The van der Waals surface area contributed by atoms with E-state index in [0.29, 0.717) is 29.5 Å². The molecule has 1 amide bonds. The molecule has 2 aromatic rings. The number of aldehydes is 1. The average Bonchev–Trinajstić information content (AvgIpc) is 3.09. The summed E-state index contributed by atoms with van der Waals surface area (Å²) in [5.74, 6) is 0.830. The van der Waals surface area contributed by atoms with Crippen LogP contribution in [-0.2, 0) is 4.79 Å². The first-order valence-corrected chi connectivity index (χ1v) is 8.28. The van der Waals surface area contributed by atoms with E-state index in [1.54, 1.807) is 36.5 Å². The Morgan fingerprint density at radius 1 is 1.25 bits per heavy atom. The Morgan fingerprint density at radius 2 is 2.04 bits per heavy atom. The largest absolute Gasteiger partial charge is 0.483 e. The highest BCUT2D eigenvalue weighted by Gasteiger charge is 2.19. The van der Waals surface area contributed by atoms with E-state index in [1.807, 2.05) is 4.68 Å². The molecule has 1 saturated carbocycles. The molecule has 3 rings (SSSR count). The van der Waals surface area contributed by atoms with Gasteiger partial charge in [0.05, 0.1) is 17.8 Å². The molecule has 0 spiro atoms. The van der Waals surface area contributed by atoms with Gasteiger partial charge >= 0.3 is 0 Å². The van der Waals surface area contributed by atoms with Gasteiger partial charge in [0.1, 0.15) is 11.6 Å². The van der Waals surface area contributed by atoms with E-state index in [2.05, 4.69) is 10.4 Å². The number of amides is 1. The number of nitrogens with one attached hydrogen (secondary N) is 1. The minimum absolute atomic E-state index is 0.152. The number of ether oxygens (including phenoxy) is 1. The maximum absolute atomic E-state index is 12.2. The van der Waals surface area contributed by atoms with E-state index in [1.165, 1.54) is 19.3 Å². The van der Waals surface area contributed by atoms with E-state index in [9.17, 15) is 9.59 Å². The van der Waals surface area contributed by atoms with Crippen molar-refractivity contribution in [2.24, 2.45) is 0 Å². The van der Waals surface area contributed by atoms with Crippen molar-refractivity contribution in [3.63, 3.8) is 0 Å². The fourth-order valence-electron chi connectivity index (χ4n) is 3.06. The van der Waals surface area contributed by atoms with E-state index in [0.717, 1.165) is 12.8 Å². The summed E-state index contributed by atoms with van der Waals surface area (Å²) in [5, 5.41) is 7.20. The zero-order valence-corrected chi connectivity index (χ0v) is 13.5. The number of anilines is 1. The van der Waals surface area contributed by atoms with Crippen LogP contribution in [0.5, 0.6) is 5.75 Å². The second kappa shape index (κ2) is 7.77. The van der Waals surface area contributed by atoms with Crippen LogP contribution in [0.15, 0.2) is 36.5 Å². The highest BCUT2D eigenvalue weighted by atomic mass is 16.5. The monoisotopic (exact) mass is 327 g/mol. The van der Waals surface area contributed by atoms with Crippen LogP contribution >= 0.6 is 0 Å². The van der Waals surface area contributed by atoms with Gasteiger partial charge in [0, 0.05) is 6.07 Å². The summed E-state index contributed by atoms with van der Waals surface area (Å²) in [6.45, 7) is -0.152. The summed E-state index contributed by atoms with van der Waals surface area (Å²) in [7, 11) is 0. The normalized spacial score (nSPS) is 15.0. The van der Waals surface area contributed by atoms with Gasteiger partial charge in [-0.15, -0.1) is 0 Å². The van der Waals surface area contributed by atoms with Crippen LogP contribution in [0, 0.1) is 0 Å². The number of rotatable bonds is 6. The lowest BCUT2D eigenvalue weighted by Gasteiger charge is -2.23. The Labute approximate surface area is 140 Å². The van der Waals surface area contributed by atoms with Crippen LogP contribution in [0.25, 0.3) is 0 Å². The maximum Gasteiger partial charge on any atom is 0.263 e. The summed E-state index contributed by atoms with van der Waals surface area (Å²) < 4.78 is 7.35. The van der Waals surface area contributed by atoms with Gasteiger partial charge < -0.3 is 10.1 Å². The van der Waals surface area contributed by atoms with Crippen molar-refractivity contribution in [2.75, 3.05) is 11.9 Å². The Bertz CT molecular complexity index is 705. The number of hydrogen-bond acceptors (Lipinski definition) is 4. The molecular formula is C18H21N3O3. The van der Waals surface area contributed by atoms with Gasteiger partial charge in [-0.1, -0.05) is 31.4 Å². The molecule has 6 nitrogen and oxygen atoms in total. The molecule has 1 aromatic heterocycles. The minimum Gasteiger partial charge on any atom is -0.483 e. The van der Waals surface area contributed by atoms with Crippen molar-refractivity contribution < 1.29 is 14.3 Å². The molecule has 0 saturated heterocycles. The Morgan fingerprint density at radius 3 is 2.83 bits per heavy atom. The first kappa shape index (κ1) is 16.2. The molecule has 0 atom stereocenters. The molecule has 24 heavy (non-hydrogen) atoms. The molecule has 0 unspecified atom stereocenters. The van der Waals surface area contributed by atoms with Gasteiger partial charge in [0.15, 0.2) is 12.9 Å². The quantitative estimate of drug-likeness (QED) is 0.827. The molecule has 1 aliphatic carbocycles. The molecule has 0 radical (unpaired) electrons. The van der Waals surface area contributed by atoms with Crippen molar-refractivity contribution in [1.29, 1.82) is 0 Å². The Hall–Kier alpha value is -2.63. The summed E-state index contributed by atoms with van der Waals surface area (Å²) in [5.41, 5.74) is 0.428. The number of hydrogen-bond donors (Lipinski definition) is 1. The van der Waals surface area contributed by atoms with Crippen LogP contribution in [0.3, 0.4) is 0 Å². The maximum atomic E-state index is 12.2. The van der Waals surface area contributed by atoms with Crippen LogP contribution in [0.1, 0.15) is 48.5 Å². The van der Waals surface area contributed by atoms with Gasteiger partial charge in [0.2, 0.25) is 0 Å². The van der Waals surface area contributed by atoms with E-state index >= 15 is 0 Å². The van der Waals surface area contributed by atoms with Crippen molar-refractivity contribution in [3.05, 3.63) is 42.1 Å². The first-order valence-electron chi connectivity index (χ1n) is 8.28. The molecule has 1 aliphatic rings. The second-order valence-electron chi connectivity index (χ2n) is 5.95. The lowest BCUT2D eigenvalue weighted by Crippen LogP contribution is -2.24. The molecule has 126 valence electrons. The third-order valence-corrected chi connectivity index (χ3v) is 4.26. The summed E-state index contributed by atoms with van der Waals surface area (Å²) in [6.07, 6.45) is 8.26. The number of para-hydroxylation sites is 1. The number of nitrogens with zero attached hydrogens (tertiary/aromatic N) is 2. The summed E-state index contributed by atoms with van der Waals surface area (Å²) in [6, 6.07) is 8.98. The van der Waals surface area contributed by atoms with Crippen LogP contribution < -0.4 is 10.1 Å². The molecule has 1 aromatic carbocycles. The minimum atomic E-state index is -0.270. The first-order chi connectivity index (χ1) is 11.8. The average molecular weight is 327 g/mol. The summed E-state index contributed by atoms with van der Waals surface area (Å²) in [4.78, 5) is 23.1. The van der Waals surface area contributed by atoms with Gasteiger partial charge in [0.25, 0.3) is 5.91 Å².